The summed E-state index contributed by atoms with van der Waals surface area (Å²) in [6.07, 6.45) is 0. The van der Waals surface area contributed by atoms with Crippen molar-refractivity contribution in [2.24, 2.45) is 11.7 Å². The van der Waals surface area contributed by atoms with Crippen molar-refractivity contribution in [3.05, 3.63) is 0 Å². The Bertz CT molecular complexity index is 61.0. The number of hydrazine groups is 2. The molecule has 9 heavy (non-hydrogen) atoms. The standard InChI is InChI=1S/C4H12N4.H2O/c5-7-1-2-8(6)4-3-7;/h1-6H2;1H2. The first-order valence-corrected chi connectivity index (χ1v) is 2.78. The van der Waals surface area contributed by atoms with Gasteiger partial charge in [-0.3, -0.25) is 11.7 Å². The van der Waals surface area contributed by atoms with E-state index in [1.807, 2.05) is 0 Å². The van der Waals surface area contributed by atoms with E-state index in [9.17, 15) is 0 Å². The molecule has 0 aromatic rings. The fourth-order valence-corrected chi connectivity index (χ4v) is 0.737. The van der Waals surface area contributed by atoms with Crippen LogP contribution in [0.2, 0.25) is 0 Å². The van der Waals surface area contributed by atoms with E-state index in [2.05, 4.69) is 0 Å². The molecule has 0 radical (unpaired) electrons. The van der Waals surface area contributed by atoms with Gasteiger partial charge in [0.1, 0.15) is 0 Å². The molecule has 0 aromatic heterocycles. The fraction of sp³-hybridized carbons (Fsp3) is 1.00. The van der Waals surface area contributed by atoms with E-state index in [4.69, 9.17) is 11.7 Å². The Hall–Kier alpha value is -0.200. The molecule has 1 fully saturated rings. The quantitative estimate of drug-likeness (QED) is 0.359. The molecule has 0 aliphatic carbocycles. The zero-order valence-corrected chi connectivity index (χ0v) is 5.38. The third kappa shape index (κ3) is 2.73. The first-order chi connectivity index (χ1) is 3.79. The number of rotatable bonds is 0. The van der Waals surface area contributed by atoms with Crippen molar-refractivity contribution in [1.82, 2.24) is 10.0 Å². The average molecular weight is 134 g/mol. The average Bonchev–Trinajstić information content (AvgIpc) is 1.77. The molecule has 1 aliphatic heterocycles. The van der Waals surface area contributed by atoms with Gasteiger partial charge in [0.15, 0.2) is 0 Å². The third-order valence-electron chi connectivity index (χ3n) is 1.35. The van der Waals surface area contributed by atoms with Gasteiger partial charge < -0.3 is 5.48 Å². The van der Waals surface area contributed by atoms with Gasteiger partial charge in [-0.2, -0.15) is 0 Å². The minimum Gasteiger partial charge on any atom is -0.412 e. The Labute approximate surface area is 54.4 Å². The maximum absolute atomic E-state index is 5.45. The lowest BCUT2D eigenvalue weighted by Crippen LogP contribution is -2.51. The van der Waals surface area contributed by atoms with E-state index in [1.165, 1.54) is 0 Å². The van der Waals surface area contributed by atoms with Gasteiger partial charge in [0.25, 0.3) is 0 Å². The fourth-order valence-electron chi connectivity index (χ4n) is 0.737. The van der Waals surface area contributed by atoms with Crippen molar-refractivity contribution in [2.75, 3.05) is 26.2 Å². The second kappa shape index (κ2) is 3.76. The number of piperazine rings is 1. The van der Waals surface area contributed by atoms with Crippen LogP contribution in [0.25, 0.3) is 0 Å². The van der Waals surface area contributed by atoms with Crippen molar-refractivity contribution in [1.29, 1.82) is 0 Å². The van der Waals surface area contributed by atoms with Crippen LogP contribution in [0.4, 0.5) is 0 Å². The lowest BCUT2D eigenvalue weighted by Gasteiger charge is -2.28. The van der Waals surface area contributed by atoms with Gasteiger partial charge in [0, 0.05) is 26.2 Å². The molecule has 0 unspecified atom stereocenters. The molecule has 5 heteroatoms. The van der Waals surface area contributed by atoms with Crippen molar-refractivity contribution in [2.45, 2.75) is 0 Å². The largest absolute Gasteiger partial charge is 0.412 e. The maximum Gasteiger partial charge on any atom is 0.0271 e. The summed E-state index contributed by atoms with van der Waals surface area (Å²) in [4.78, 5) is 0. The van der Waals surface area contributed by atoms with E-state index < -0.39 is 0 Å². The van der Waals surface area contributed by atoms with Gasteiger partial charge in [0.05, 0.1) is 0 Å². The molecule has 0 atom stereocenters. The minimum atomic E-state index is 0. The summed E-state index contributed by atoms with van der Waals surface area (Å²) < 4.78 is 0. The Balaban J connectivity index is 0.000000640. The molecule has 1 aliphatic rings. The Kier molecular flexibility index (Phi) is 3.67. The van der Waals surface area contributed by atoms with Gasteiger partial charge in [0.2, 0.25) is 0 Å². The van der Waals surface area contributed by atoms with E-state index >= 15 is 0 Å². The minimum absolute atomic E-state index is 0. The molecule has 1 saturated heterocycles. The second-order valence-corrected chi connectivity index (χ2v) is 2.07. The van der Waals surface area contributed by atoms with Gasteiger partial charge in [-0.05, 0) is 0 Å². The summed E-state index contributed by atoms with van der Waals surface area (Å²) in [5.41, 5.74) is 0. The molecule has 56 valence electrons. The van der Waals surface area contributed by atoms with Crippen LogP contribution in [0, 0.1) is 0 Å². The number of nitrogens with zero attached hydrogens (tertiary/aromatic N) is 2. The van der Waals surface area contributed by atoms with Crippen molar-refractivity contribution in [3.63, 3.8) is 0 Å². The van der Waals surface area contributed by atoms with Crippen LogP contribution in [0.3, 0.4) is 0 Å². The highest BCUT2D eigenvalue weighted by Gasteiger charge is 2.08. The summed E-state index contributed by atoms with van der Waals surface area (Å²) in [6, 6.07) is 0. The van der Waals surface area contributed by atoms with Crippen LogP contribution < -0.4 is 11.7 Å². The topological polar surface area (TPSA) is 90.0 Å². The first-order valence-electron chi connectivity index (χ1n) is 2.78. The molecule has 1 rings (SSSR count). The molecule has 0 amide bonds. The number of nitrogens with two attached hydrogens (primary N) is 2. The van der Waals surface area contributed by atoms with Crippen LogP contribution in [0.1, 0.15) is 0 Å². The lowest BCUT2D eigenvalue weighted by molar-refractivity contribution is 0.135. The molecule has 0 bridgehead atoms. The van der Waals surface area contributed by atoms with Gasteiger partial charge in [-0.15, -0.1) is 0 Å². The zero-order chi connectivity index (χ0) is 5.98. The summed E-state index contributed by atoms with van der Waals surface area (Å²) in [6.45, 7) is 3.54. The summed E-state index contributed by atoms with van der Waals surface area (Å²) in [5, 5.41) is 3.56. The molecule has 0 spiro atoms. The second-order valence-electron chi connectivity index (χ2n) is 2.07. The van der Waals surface area contributed by atoms with Crippen molar-refractivity contribution >= 4 is 0 Å². The highest BCUT2D eigenvalue weighted by Crippen LogP contribution is 1.88. The Morgan fingerprint density at radius 2 is 1.00 bits per heavy atom. The van der Waals surface area contributed by atoms with E-state index in [0.29, 0.717) is 0 Å². The van der Waals surface area contributed by atoms with E-state index in [-0.39, 0.29) is 5.48 Å². The molecule has 0 saturated carbocycles. The molecule has 5 nitrogen and oxygen atoms in total. The van der Waals surface area contributed by atoms with Crippen LogP contribution >= 0.6 is 0 Å². The maximum atomic E-state index is 5.45. The summed E-state index contributed by atoms with van der Waals surface area (Å²) >= 11 is 0. The Morgan fingerprint density at radius 1 is 0.778 bits per heavy atom. The molecule has 1 heterocycles. The van der Waals surface area contributed by atoms with Gasteiger partial charge in [-0.25, -0.2) is 10.0 Å². The third-order valence-corrected chi connectivity index (χ3v) is 1.35. The number of hydrogen-bond donors (Lipinski definition) is 2. The van der Waals surface area contributed by atoms with Crippen LogP contribution in [0.15, 0.2) is 0 Å². The van der Waals surface area contributed by atoms with E-state index in [1.54, 1.807) is 10.0 Å². The molecular weight excluding hydrogens is 120 g/mol. The predicted octanol–water partition coefficient (Wildman–Crippen LogP) is -2.47. The van der Waals surface area contributed by atoms with Crippen molar-refractivity contribution in [3.8, 4) is 0 Å². The summed E-state index contributed by atoms with van der Waals surface area (Å²) in [5.74, 6) is 10.9. The summed E-state index contributed by atoms with van der Waals surface area (Å²) in [7, 11) is 0. The van der Waals surface area contributed by atoms with Gasteiger partial charge >= 0.3 is 0 Å². The van der Waals surface area contributed by atoms with Gasteiger partial charge in [-0.1, -0.05) is 0 Å². The monoisotopic (exact) mass is 134 g/mol. The van der Waals surface area contributed by atoms with Crippen LogP contribution in [0.5, 0.6) is 0 Å². The SMILES string of the molecule is NN1CCN(N)CC1.O. The van der Waals surface area contributed by atoms with Crippen LogP contribution in [-0.2, 0) is 0 Å². The highest BCUT2D eigenvalue weighted by atomic mass is 16.0. The molecule has 6 N–H and O–H groups in total. The Morgan fingerprint density at radius 3 is 1.22 bits per heavy atom. The van der Waals surface area contributed by atoms with E-state index in [0.717, 1.165) is 26.2 Å². The molecular formula is C4H14N4O. The predicted molar refractivity (Wildman–Crippen MR) is 35.1 cm³/mol. The number of hydrogen-bond acceptors (Lipinski definition) is 4. The normalized spacial score (nSPS) is 23.3. The van der Waals surface area contributed by atoms with Crippen molar-refractivity contribution < 1.29 is 5.48 Å². The highest BCUT2D eigenvalue weighted by molar-refractivity contribution is 4.61. The van der Waals surface area contributed by atoms with Crippen LogP contribution in [-0.4, -0.2) is 41.7 Å². The smallest absolute Gasteiger partial charge is 0.0271 e. The lowest BCUT2D eigenvalue weighted by atomic mass is 10.4. The molecule has 0 aromatic carbocycles. The zero-order valence-electron chi connectivity index (χ0n) is 5.38. The first kappa shape index (κ1) is 8.80.